The van der Waals surface area contributed by atoms with Gasteiger partial charge in [-0.3, -0.25) is 4.79 Å². The van der Waals surface area contributed by atoms with Gasteiger partial charge >= 0.3 is 41.5 Å². The summed E-state index contributed by atoms with van der Waals surface area (Å²) in [5.74, 6) is -1.19. The molecule has 0 amide bonds. The molecule has 0 unspecified atom stereocenters. The van der Waals surface area contributed by atoms with E-state index < -0.39 is 11.9 Å². The van der Waals surface area contributed by atoms with Crippen LogP contribution in [0.2, 0.25) is 0 Å². The van der Waals surface area contributed by atoms with E-state index in [0.29, 0.717) is 5.56 Å². The van der Waals surface area contributed by atoms with Crippen molar-refractivity contribution in [2.75, 3.05) is 0 Å². The Labute approximate surface area is 147 Å². The van der Waals surface area contributed by atoms with Crippen LogP contribution in [0.5, 0.6) is 0 Å². The summed E-state index contributed by atoms with van der Waals surface area (Å²) in [5.41, 5.74) is 1.17. The van der Waals surface area contributed by atoms with Crippen molar-refractivity contribution in [3.8, 4) is 0 Å². The van der Waals surface area contributed by atoms with Crippen LogP contribution in [0.15, 0.2) is 59.1 Å². The zero-order valence-electron chi connectivity index (χ0n) is 10.0. The van der Waals surface area contributed by atoms with Gasteiger partial charge in [-0.1, -0.05) is 46.3 Å². The molecule has 0 radical (unpaired) electrons. The molecule has 0 aliphatic carbocycles. The molecule has 98 valence electrons. The van der Waals surface area contributed by atoms with Crippen molar-refractivity contribution in [2.45, 2.75) is 6.42 Å². The summed E-state index contributed by atoms with van der Waals surface area (Å²) in [7, 11) is 0. The predicted octanol–water partition coefficient (Wildman–Crippen LogP) is 2.73. The number of ether oxygens (including phenoxy) is 1. The zero-order chi connectivity index (χ0) is 13.7. The Kier molecular flexibility index (Phi) is 7.16. The van der Waals surface area contributed by atoms with Crippen molar-refractivity contribution in [1.29, 1.82) is 0 Å². The van der Waals surface area contributed by atoms with Crippen LogP contribution in [0.25, 0.3) is 0 Å². The van der Waals surface area contributed by atoms with Crippen molar-refractivity contribution >= 4 is 57.4 Å². The first-order valence-electron chi connectivity index (χ1n) is 5.69. The fourth-order valence-corrected chi connectivity index (χ4v) is 1.81. The van der Waals surface area contributed by atoms with Crippen LogP contribution >= 0.6 is 15.9 Å². The van der Waals surface area contributed by atoms with Gasteiger partial charge in [0.2, 0.25) is 0 Å². The summed E-state index contributed by atoms with van der Waals surface area (Å²) in [5, 5.41) is 0. The summed E-state index contributed by atoms with van der Waals surface area (Å²) in [6.45, 7) is 0. The van der Waals surface area contributed by atoms with Gasteiger partial charge in [-0.25, -0.2) is 4.79 Å². The van der Waals surface area contributed by atoms with Crippen LogP contribution in [0.4, 0.5) is 0 Å². The van der Waals surface area contributed by atoms with Crippen LogP contribution in [0, 0.1) is 0 Å². The minimum absolute atomic E-state index is 0. The van der Waals surface area contributed by atoms with Gasteiger partial charge in [-0.2, -0.15) is 0 Å². The van der Waals surface area contributed by atoms with E-state index in [1.54, 1.807) is 24.3 Å². The third-order valence-corrected chi connectivity index (χ3v) is 3.01. The second kappa shape index (κ2) is 8.37. The molecule has 3 nitrogen and oxygen atoms in total. The molecule has 2 rings (SSSR count). The Morgan fingerprint density at radius 2 is 1.55 bits per heavy atom. The first-order valence-corrected chi connectivity index (χ1v) is 6.49. The molecule has 0 atom stereocenters. The molecule has 0 fully saturated rings. The van der Waals surface area contributed by atoms with Gasteiger partial charge in [0.1, 0.15) is 0 Å². The van der Waals surface area contributed by atoms with E-state index in [-0.39, 0.29) is 36.0 Å². The first-order chi connectivity index (χ1) is 9.15. The molecular weight excluding hydrogens is 331 g/mol. The Balaban J connectivity index is 0.00000200. The van der Waals surface area contributed by atoms with E-state index in [9.17, 15) is 9.59 Å². The monoisotopic (exact) mass is 342 g/mol. The normalized spacial score (nSPS) is 9.45. The molecular formula is C15H12BrNaO3. The fraction of sp³-hybridized carbons (Fsp3) is 0.0667. The zero-order valence-corrected chi connectivity index (χ0v) is 11.6. The molecule has 0 aliphatic rings. The Bertz CT molecular complexity index is 582. The quantitative estimate of drug-likeness (QED) is 0.489. The summed E-state index contributed by atoms with van der Waals surface area (Å²) in [6, 6.07) is 15.8. The number of rotatable bonds is 3. The van der Waals surface area contributed by atoms with Crippen LogP contribution in [0.1, 0.15) is 15.9 Å². The molecule has 2 aromatic rings. The van der Waals surface area contributed by atoms with Crippen molar-refractivity contribution in [3.05, 3.63) is 70.2 Å². The molecule has 0 saturated carbocycles. The van der Waals surface area contributed by atoms with Crippen molar-refractivity contribution < 1.29 is 14.3 Å². The SMILES string of the molecule is O=C(Cc1ccccc1)OC(=O)c1ccc(Br)cc1.[NaH]. The third kappa shape index (κ3) is 5.21. The maximum absolute atomic E-state index is 11.7. The second-order valence-corrected chi connectivity index (χ2v) is 4.85. The number of esters is 2. The first kappa shape index (κ1) is 17.1. The molecule has 0 spiro atoms. The van der Waals surface area contributed by atoms with E-state index in [4.69, 9.17) is 4.74 Å². The molecule has 0 aromatic heterocycles. The summed E-state index contributed by atoms with van der Waals surface area (Å²) >= 11 is 3.27. The molecule has 0 saturated heterocycles. The van der Waals surface area contributed by atoms with E-state index in [2.05, 4.69) is 15.9 Å². The average molecular weight is 343 g/mol. The van der Waals surface area contributed by atoms with E-state index >= 15 is 0 Å². The number of benzene rings is 2. The number of halogens is 1. The van der Waals surface area contributed by atoms with Gasteiger partial charge in [-0.15, -0.1) is 0 Å². The van der Waals surface area contributed by atoms with Gasteiger partial charge < -0.3 is 4.74 Å². The summed E-state index contributed by atoms with van der Waals surface area (Å²) in [6.07, 6.45) is 0.0864. The van der Waals surface area contributed by atoms with Crippen molar-refractivity contribution in [2.24, 2.45) is 0 Å². The molecule has 2 aromatic carbocycles. The second-order valence-electron chi connectivity index (χ2n) is 3.93. The molecule has 20 heavy (non-hydrogen) atoms. The topological polar surface area (TPSA) is 43.4 Å². The molecule has 5 heteroatoms. The van der Waals surface area contributed by atoms with Crippen molar-refractivity contribution in [1.82, 2.24) is 0 Å². The number of hydrogen-bond acceptors (Lipinski definition) is 3. The molecule has 0 N–H and O–H groups in total. The predicted molar refractivity (Wildman–Crippen MR) is 81.9 cm³/mol. The summed E-state index contributed by atoms with van der Waals surface area (Å²) < 4.78 is 5.65. The van der Waals surface area contributed by atoms with Crippen LogP contribution in [-0.4, -0.2) is 41.5 Å². The van der Waals surface area contributed by atoms with Gasteiger partial charge in [0.25, 0.3) is 0 Å². The standard InChI is InChI=1S/C15H11BrO3.Na.H/c16-13-8-6-12(7-9-13)15(18)19-14(17)10-11-4-2-1-3-5-11;;/h1-9H,10H2;;. The Hall–Kier alpha value is -0.940. The van der Waals surface area contributed by atoms with Gasteiger partial charge in [-0.05, 0) is 29.8 Å². The average Bonchev–Trinajstić information content (AvgIpc) is 2.40. The molecule has 0 heterocycles. The Morgan fingerprint density at radius 1 is 0.950 bits per heavy atom. The molecule has 0 aliphatic heterocycles. The number of hydrogen-bond donors (Lipinski definition) is 0. The maximum atomic E-state index is 11.7. The molecule has 0 bridgehead atoms. The van der Waals surface area contributed by atoms with E-state index in [0.717, 1.165) is 10.0 Å². The van der Waals surface area contributed by atoms with Gasteiger partial charge in [0.05, 0.1) is 12.0 Å². The van der Waals surface area contributed by atoms with Crippen LogP contribution < -0.4 is 0 Å². The summed E-state index contributed by atoms with van der Waals surface area (Å²) in [4.78, 5) is 23.3. The van der Waals surface area contributed by atoms with Gasteiger partial charge in [0.15, 0.2) is 0 Å². The minimum atomic E-state index is -0.631. The third-order valence-electron chi connectivity index (χ3n) is 2.48. The van der Waals surface area contributed by atoms with E-state index in [1.807, 2.05) is 30.3 Å². The number of carbonyl (C=O) groups is 2. The van der Waals surface area contributed by atoms with Crippen LogP contribution in [0.3, 0.4) is 0 Å². The van der Waals surface area contributed by atoms with Crippen LogP contribution in [-0.2, 0) is 16.0 Å². The van der Waals surface area contributed by atoms with Gasteiger partial charge in [0, 0.05) is 4.47 Å². The Morgan fingerprint density at radius 3 is 2.15 bits per heavy atom. The number of carbonyl (C=O) groups excluding carboxylic acids is 2. The van der Waals surface area contributed by atoms with E-state index in [1.165, 1.54) is 0 Å². The van der Waals surface area contributed by atoms with Crippen molar-refractivity contribution in [3.63, 3.8) is 0 Å². The fourth-order valence-electron chi connectivity index (χ4n) is 1.55.